The summed E-state index contributed by atoms with van der Waals surface area (Å²) >= 11 is 0. The molecule has 1 heterocycles. The summed E-state index contributed by atoms with van der Waals surface area (Å²) in [6, 6.07) is 0.396. The number of halogens is 3. The first-order chi connectivity index (χ1) is 6.50. The average molecular weight is 206 g/mol. The molecule has 0 saturated heterocycles. The first-order valence-electron chi connectivity index (χ1n) is 3.94. The zero-order valence-electron chi connectivity index (χ0n) is 7.39. The molecule has 3 nitrogen and oxygen atoms in total. The van der Waals surface area contributed by atoms with Crippen molar-refractivity contribution in [3.05, 3.63) is 23.6 Å². The molecule has 0 fully saturated rings. The van der Waals surface area contributed by atoms with Gasteiger partial charge in [0.2, 0.25) is 0 Å². The molecule has 6 heteroatoms. The van der Waals surface area contributed by atoms with Crippen molar-refractivity contribution in [1.82, 2.24) is 4.98 Å². The van der Waals surface area contributed by atoms with Crippen molar-refractivity contribution in [3.63, 3.8) is 0 Å². The first kappa shape index (κ1) is 10.8. The summed E-state index contributed by atoms with van der Waals surface area (Å²) < 4.78 is 37.8. The summed E-state index contributed by atoms with van der Waals surface area (Å²) in [7, 11) is 0. The Hall–Kier alpha value is -1.30. The molecule has 78 valence electrons. The van der Waals surface area contributed by atoms with Gasteiger partial charge < -0.3 is 10.4 Å². The summed E-state index contributed by atoms with van der Waals surface area (Å²) in [6.45, 7) is 1.47. The van der Waals surface area contributed by atoms with E-state index in [1.807, 2.05) is 0 Å². The molecule has 0 aliphatic carbocycles. The van der Waals surface area contributed by atoms with E-state index in [0.717, 1.165) is 0 Å². The van der Waals surface area contributed by atoms with E-state index in [0.29, 0.717) is 6.07 Å². The molecule has 1 rings (SSSR count). The smallest absolute Gasteiger partial charge is 0.251 e. The highest BCUT2D eigenvalue weighted by Crippen LogP contribution is 2.13. The third kappa shape index (κ3) is 2.59. The standard InChI is InChI=1S/C8H9F3N2O/c1-4(14)3-12-8-6(10)2-5(9)7(11)13-8/h2,4,14H,3H2,1H3,(H,12,13). The Kier molecular flexibility index (Phi) is 3.29. The molecule has 14 heavy (non-hydrogen) atoms. The Morgan fingerprint density at radius 2 is 2.07 bits per heavy atom. The van der Waals surface area contributed by atoms with Gasteiger partial charge >= 0.3 is 0 Å². The third-order valence-electron chi connectivity index (χ3n) is 1.45. The van der Waals surface area contributed by atoms with Crippen molar-refractivity contribution in [2.45, 2.75) is 13.0 Å². The number of aliphatic hydroxyl groups excluding tert-OH is 1. The summed E-state index contributed by atoms with van der Waals surface area (Å²) in [4.78, 5) is 3.01. The van der Waals surface area contributed by atoms with E-state index < -0.39 is 29.5 Å². The van der Waals surface area contributed by atoms with E-state index in [9.17, 15) is 13.2 Å². The maximum atomic E-state index is 12.9. The van der Waals surface area contributed by atoms with Crippen LogP contribution < -0.4 is 5.32 Å². The Morgan fingerprint density at radius 1 is 1.43 bits per heavy atom. The summed E-state index contributed by atoms with van der Waals surface area (Å²) in [5, 5.41) is 11.2. The van der Waals surface area contributed by atoms with Gasteiger partial charge in [0.15, 0.2) is 17.5 Å². The Morgan fingerprint density at radius 3 is 2.64 bits per heavy atom. The second kappa shape index (κ2) is 4.28. The van der Waals surface area contributed by atoms with Crippen LogP contribution in [0.25, 0.3) is 0 Å². The van der Waals surface area contributed by atoms with Crippen LogP contribution in [0.1, 0.15) is 6.92 Å². The molecule has 1 aromatic rings. The third-order valence-corrected chi connectivity index (χ3v) is 1.45. The molecule has 2 N–H and O–H groups in total. The number of aromatic nitrogens is 1. The number of hydrogen-bond acceptors (Lipinski definition) is 3. The molecule has 0 aliphatic rings. The fraction of sp³-hybridized carbons (Fsp3) is 0.375. The molecule has 0 spiro atoms. The van der Waals surface area contributed by atoms with Crippen molar-refractivity contribution in [1.29, 1.82) is 0 Å². The monoisotopic (exact) mass is 206 g/mol. The van der Waals surface area contributed by atoms with Crippen LogP contribution in [0.2, 0.25) is 0 Å². The number of nitrogens with one attached hydrogen (secondary N) is 1. The van der Waals surface area contributed by atoms with E-state index in [1.165, 1.54) is 6.92 Å². The topological polar surface area (TPSA) is 45.1 Å². The minimum absolute atomic E-state index is 0.00892. The van der Waals surface area contributed by atoms with E-state index in [-0.39, 0.29) is 6.54 Å². The van der Waals surface area contributed by atoms with E-state index in [2.05, 4.69) is 10.3 Å². The van der Waals surface area contributed by atoms with Gasteiger partial charge in [-0.05, 0) is 6.92 Å². The van der Waals surface area contributed by atoms with Crippen LogP contribution in [0.4, 0.5) is 19.0 Å². The summed E-state index contributed by atoms with van der Waals surface area (Å²) in [5.41, 5.74) is 0. The highest BCUT2D eigenvalue weighted by Gasteiger charge is 2.11. The van der Waals surface area contributed by atoms with Gasteiger partial charge in [-0.3, -0.25) is 0 Å². The van der Waals surface area contributed by atoms with Gasteiger partial charge in [0.1, 0.15) is 0 Å². The molecule has 0 aromatic carbocycles. The minimum atomic E-state index is -1.38. The molecule has 0 amide bonds. The number of nitrogens with zero attached hydrogens (tertiary/aromatic N) is 1. The van der Waals surface area contributed by atoms with Gasteiger partial charge in [-0.2, -0.15) is 9.37 Å². The van der Waals surface area contributed by atoms with Crippen LogP contribution in [-0.2, 0) is 0 Å². The van der Waals surface area contributed by atoms with Crippen LogP contribution >= 0.6 is 0 Å². The second-order valence-electron chi connectivity index (χ2n) is 2.82. The van der Waals surface area contributed by atoms with E-state index in [4.69, 9.17) is 5.11 Å². The molecule has 0 bridgehead atoms. The van der Waals surface area contributed by atoms with Crippen molar-refractivity contribution < 1.29 is 18.3 Å². The fourth-order valence-corrected chi connectivity index (χ4v) is 0.812. The Balaban J connectivity index is 2.82. The van der Waals surface area contributed by atoms with Gasteiger partial charge in [-0.1, -0.05) is 0 Å². The number of hydrogen-bond donors (Lipinski definition) is 2. The van der Waals surface area contributed by atoms with Gasteiger partial charge in [0, 0.05) is 12.6 Å². The lowest BCUT2D eigenvalue weighted by atomic mass is 10.4. The zero-order chi connectivity index (χ0) is 10.7. The predicted octanol–water partition coefficient (Wildman–Crippen LogP) is 1.29. The normalized spacial score (nSPS) is 12.6. The SMILES string of the molecule is CC(O)CNc1nc(F)c(F)cc1F. The molecule has 1 aromatic heterocycles. The van der Waals surface area contributed by atoms with Crippen LogP contribution in [0.15, 0.2) is 6.07 Å². The van der Waals surface area contributed by atoms with E-state index in [1.54, 1.807) is 0 Å². The first-order valence-corrected chi connectivity index (χ1v) is 3.94. The number of rotatable bonds is 3. The molecule has 0 radical (unpaired) electrons. The number of anilines is 1. The van der Waals surface area contributed by atoms with Crippen LogP contribution in [0.5, 0.6) is 0 Å². The molecule has 1 atom stereocenters. The van der Waals surface area contributed by atoms with E-state index >= 15 is 0 Å². The van der Waals surface area contributed by atoms with Crippen molar-refractivity contribution in [2.24, 2.45) is 0 Å². The molecule has 1 unspecified atom stereocenters. The summed E-state index contributed by atoms with van der Waals surface area (Å²) in [5.74, 6) is -4.13. The van der Waals surface area contributed by atoms with Crippen molar-refractivity contribution in [2.75, 3.05) is 11.9 Å². The lowest BCUT2D eigenvalue weighted by Crippen LogP contribution is -2.17. The average Bonchev–Trinajstić information content (AvgIpc) is 2.09. The van der Waals surface area contributed by atoms with Crippen molar-refractivity contribution in [3.8, 4) is 0 Å². The zero-order valence-corrected chi connectivity index (χ0v) is 7.39. The van der Waals surface area contributed by atoms with Crippen LogP contribution in [-0.4, -0.2) is 22.7 Å². The maximum Gasteiger partial charge on any atom is 0.251 e. The highest BCUT2D eigenvalue weighted by atomic mass is 19.2. The predicted molar refractivity (Wildman–Crippen MR) is 44.3 cm³/mol. The lowest BCUT2D eigenvalue weighted by Gasteiger charge is -2.08. The van der Waals surface area contributed by atoms with Crippen LogP contribution in [0.3, 0.4) is 0 Å². The Bertz CT molecular complexity index is 331. The largest absolute Gasteiger partial charge is 0.392 e. The second-order valence-corrected chi connectivity index (χ2v) is 2.82. The quantitative estimate of drug-likeness (QED) is 0.732. The number of aliphatic hydroxyl groups is 1. The van der Waals surface area contributed by atoms with Gasteiger partial charge in [0.05, 0.1) is 6.10 Å². The lowest BCUT2D eigenvalue weighted by molar-refractivity contribution is 0.208. The minimum Gasteiger partial charge on any atom is -0.392 e. The van der Waals surface area contributed by atoms with Gasteiger partial charge in [-0.15, -0.1) is 0 Å². The van der Waals surface area contributed by atoms with Gasteiger partial charge in [-0.25, -0.2) is 8.78 Å². The Labute approximate surface area is 78.6 Å². The molecular formula is C8H9F3N2O. The molecule has 0 saturated carbocycles. The molecular weight excluding hydrogens is 197 g/mol. The molecule has 0 aliphatic heterocycles. The van der Waals surface area contributed by atoms with Gasteiger partial charge in [0.25, 0.3) is 5.95 Å². The highest BCUT2D eigenvalue weighted by molar-refractivity contribution is 5.36. The number of pyridine rings is 1. The van der Waals surface area contributed by atoms with Crippen molar-refractivity contribution >= 4 is 5.82 Å². The fourth-order valence-electron chi connectivity index (χ4n) is 0.812. The summed E-state index contributed by atoms with van der Waals surface area (Å²) in [6.07, 6.45) is -0.732. The maximum absolute atomic E-state index is 12.9. The van der Waals surface area contributed by atoms with Crippen LogP contribution in [0, 0.1) is 17.6 Å².